The second kappa shape index (κ2) is 11.3. The summed E-state index contributed by atoms with van der Waals surface area (Å²) in [6, 6.07) is 34.0. The zero-order chi connectivity index (χ0) is 30.2. The fraction of sp³-hybridized carbons (Fsp3) is 0.235. The van der Waals surface area contributed by atoms with Gasteiger partial charge in [-0.3, -0.25) is 0 Å². The molecule has 0 amide bonds. The number of para-hydroxylation sites is 2. The van der Waals surface area contributed by atoms with Crippen LogP contribution in [0.2, 0.25) is 0 Å². The van der Waals surface area contributed by atoms with Gasteiger partial charge in [0.2, 0.25) is 10.0 Å². The number of hydrogen-bond donors (Lipinski definition) is 0. The number of allylic oxidation sites excluding steroid dienone is 1. The third-order valence-electron chi connectivity index (χ3n) is 8.52. The van der Waals surface area contributed by atoms with Crippen molar-refractivity contribution in [3.05, 3.63) is 138 Å². The average Bonchev–Trinajstić information content (AvgIpc) is 3.50. The molecule has 9 heteroatoms. The molecular formula is C34H35N3O4S2. The number of rotatable bonds is 9. The van der Waals surface area contributed by atoms with Crippen LogP contribution in [0.4, 0.5) is 11.4 Å². The fourth-order valence-electron chi connectivity index (χ4n) is 6.52. The van der Waals surface area contributed by atoms with Crippen molar-refractivity contribution in [3.8, 4) is 0 Å². The van der Waals surface area contributed by atoms with Crippen LogP contribution < -0.4 is 9.21 Å². The van der Waals surface area contributed by atoms with Gasteiger partial charge in [-0.15, -0.1) is 0 Å². The van der Waals surface area contributed by atoms with E-state index >= 15 is 0 Å². The second-order valence-corrected chi connectivity index (χ2v) is 15.1. The van der Waals surface area contributed by atoms with Gasteiger partial charge >= 0.3 is 0 Å². The summed E-state index contributed by atoms with van der Waals surface area (Å²) >= 11 is 0. The second-order valence-electron chi connectivity index (χ2n) is 11.3. The molecule has 43 heavy (non-hydrogen) atoms. The Morgan fingerprint density at radius 2 is 1.47 bits per heavy atom. The van der Waals surface area contributed by atoms with Gasteiger partial charge in [0.25, 0.3) is 10.0 Å². The summed E-state index contributed by atoms with van der Waals surface area (Å²) in [7, 11) is -7.43. The Bertz CT molecular complexity index is 1840. The van der Waals surface area contributed by atoms with Crippen molar-refractivity contribution in [2.75, 3.05) is 22.0 Å². The van der Waals surface area contributed by atoms with Crippen LogP contribution >= 0.6 is 0 Å². The number of sulfonamides is 2. The summed E-state index contributed by atoms with van der Waals surface area (Å²) in [6.07, 6.45) is 5.42. The molecule has 0 aromatic heterocycles. The molecule has 2 aliphatic rings. The number of benzene rings is 4. The van der Waals surface area contributed by atoms with Crippen LogP contribution in [0.1, 0.15) is 29.5 Å². The average molecular weight is 614 g/mol. The van der Waals surface area contributed by atoms with E-state index in [2.05, 4.69) is 29.2 Å². The van der Waals surface area contributed by atoms with Crippen molar-refractivity contribution in [3.63, 3.8) is 0 Å². The molecule has 0 radical (unpaired) electrons. The summed E-state index contributed by atoms with van der Waals surface area (Å²) < 4.78 is 57.0. The normalized spacial score (nSPS) is 20.3. The topological polar surface area (TPSA) is 78.0 Å². The summed E-state index contributed by atoms with van der Waals surface area (Å²) in [5.74, 6) is 0. The molecule has 2 heterocycles. The lowest BCUT2D eigenvalue weighted by Crippen LogP contribution is -2.51. The maximum atomic E-state index is 13.9. The van der Waals surface area contributed by atoms with Gasteiger partial charge in [0, 0.05) is 30.4 Å². The summed E-state index contributed by atoms with van der Waals surface area (Å²) in [5.41, 5.74) is 4.12. The molecule has 0 unspecified atom stereocenters. The number of anilines is 2. The van der Waals surface area contributed by atoms with Crippen LogP contribution in [0.25, 0.3) is 0 Å². The maximum Gasteiger partial charge on any atom is 0.268 e. The molecular weight excluding hydrogens is 579 g/mol. The lowest BCUT2D eigenvalue weighted by molar-refractivity contribution is 0.305. The molecule has 4 aromatic carbocycles. The van der Waals surface area contributed by atoms with Crippen molar-refractivity contribution in [2.24, 2.45) is 0 Å². The first-order chi connectivity index (χ1) is 20.6. The number of aryl methyl sites for hydroxylation is 1. The summed E-state index contributed by atoms with van der Waals surface area (Å²) in [5, 5.41) is 0. The molecule has 4 aromatic rings. The predicted molar refractivity (Wildman–Crippen MR) is 172 cm³/mol. The Hall–Kier alpha value is -3.92. The minimum absolute atomic E-state index is 0.201. The zero-order valence-corrected chi connectivity index (χ0v) is 25.9. The Kier molecular flexibility index (Phi) is 7.66. The Morgan fingerprint density at radius 1 is 0.837 bits per heavy atom. The molecule has 0 N–H and O–H groups in total. The standard InChI is InChI=1S/C34H35N3O4S2/c1-27-18-20-30(21-19-27)43(40,41)36(29-14-7-4-8-15-29)24-11-22-34-23-25-37(42(2,38)39)33(34)35(26-28-12-5-3-6-13-28)32-17-10-9-16-31(32)34/h3-21,24,33H,22-23,25-26H2,1-2H3/b24-11+/t33-,34-/m0/s1. The monoisotopic (exact) mass is 613 g/mol. The van der Waals surface area contributed by atoms with E-state index in [1.807, 2.05) is 61.5 Å². The smallest absolute Gasteiger partial charge is 0.268 e. The third-order valence-corrected chi connectivity index (χ3v) is 11.5. The van der Waals surface area contributed by atoms with E-state index in [4.69, 9.17) is 0 Å². The van der Waals surface area contributed by atoms with Crippen molar-refractivity contribution >= 4 is 31.4 Å². The van der Waals surface area contributed by atoms with Crippen LogP contribution in [-0.4, -0.2) is 40.1 Å². The van der Waals surface area contributed by atoms with Gasteiger partial charge < -0.3 is 4.90 Å². The van der Waals surface area contributed by atoms with Gasteiger partial charge in [0.1, 0.15) is 6.17 Å². The quantitative estimate of drug-likeness (QED) is 0.230. The molecule has 0 saturated carbocycles. The summed E-state index contributed by atoms with van der Waals surface area (Å²) in [6.45, 7) is 2.86. The first kappa shape index (κ1) is 29.2. The van der Waals surface area contributed by atoms with Crippen molar-refractivity contribution in [1.29, 1.82) is 0 Å². The van der Waals surface area contributed by atoms with Crippen LogP contribution in [-0.2, 0) is 32.0 Å². The highest BCUT2D eigenvalue weighted by molar-refractivity contribution is 7.93. The van der Waals surface area contributed by atoms with E-state index in [1.54, 1.807) is 46.9 Å². The van der Waals surface area contributed by atoms with Gasteiger partial charge in [-0.2, -0.15) is 4.31 Å². The molecule has 2 aliphatic heterocycles. The molecule has 222 valence electrons. The highest BCUT2D eigenvalue weighted by atomic mass is 32.2. The highest BCUT2D eigenvalue weighted by Crippen LogP contribution is 2.55. The third kappa shape index (κ3) is 5.37. The molecule has 1 saturated heterocycles. The minimum atomic E-state index is -3.91. The van der Waals surface area contributed by atoms with Gasteiger partial charge in [0.15, 0.2) is 0 Å². The van der Waals surface area contributed by atoms with E-state index in [-0.39, 0.29) is 4.90 Å². The lowest BCUT2D eigenvalue weighted by Gasteiger charge is -2.37. The fourth-order valence-corrected chi connectivity index (χ4v) is 8.97. The Balaban J connectivity index is 1.42. The maximum absolute atomic E-state index is 13.9. The largest absolute Gasteiger partial charge is 0.349 e. The van der Waals surface area contributed by atoms with Crippen LogP contribution in [0, 0.1) is 6.92 Å². The molecule has 7 nitrogen and oxygen atoms in total. The molecule has 1 fully saturated rings. The van der Waals surface area contributed by atoms with Crippen molar-refractivity contribution in [1.82, 2.24) is 4.31 Å². The molecule has 0 bridgehead atoms. The molecule has 6 rings (SSSR count). The van der Waals surface area contributed by atoms with Crippen LogP contribution in [0.5, 0.6) is 0 Å². The first-order valence-electron chi connectivity index (χ1n) is 14.3. The lowest BCUT2D eigenvalue weighted by atomic mass is 9.76. The van der Waals surface area contributed by atoms with Crippen molar-refractivity contribution < 1.29 is 16.8 Å². The Morgan fingerprint density at radius 3 is 2.14 bits per heavy atom. The first-order valence-corrected chi connectivity index (χ1v) is 17.6. The predicted octanol–water partition coefficient (Wildman–Crippen LogP) is 6.04. The number of fused-ring (bicyclic) bond motifs is 3. The van der Waals surface area contributed by atoms with E-state index in [9.17, 15) is 16.8 Å². The number of nitrogens with zero attached hydrogens (tertiary/aromatic N) is 3. The van der Waals surface area contributed by atoms with E-state index < -0.39 is 31.6 Å². The van der Waals surface area contributed by atoms with Gasteiger partial charge in [-0.25, -0.2) is 21.1 Å². The summed E-state index contributed by atoms with van der Waals surface area (Å²) in [4.78, 5) is 2.40. The van der Waals surface area contributed by atoms with Crippen molar-refractivity contribution in [2.45, 2.75) is 42.8 Å². The molecule has 2 atom stereocenters. The number of hydrogen-bond acceptors (Lipinski definition) is 5. The minimum Gasteiger partial charge on any atom is -0.349 e. The SMILES string of the molecule is Cc1ccc(S(=O)(=O)N(/C=C/C[C@@]23CCN(S(C)(=O)=O)[C@@H]2N(Cc2ccccc2)c2ccccc23)c2ccccc2)cc1. The van der Waals surface area contributed by atoms with E-state index in [1.165, 1.54) is 10.6 Å². The molecule has 0 spiro atoms. The van der Waals surface area contributed by atoms with Crippen LogP contribution in [0.3, 0.4) is 0 Å². The van der Waals surface area contributed by atoms with E-state index in [0.29, 0.717) is 31.6 Å². The molecule has 0 aliphatic carbocycles. The Labute approximate surface area is 254 Å². The van der Waals surface area contributed by atoms with Gasteiger partial charge in [-0.05, 0) is 61.2 Å². The zero-order valence-electron chi connectivity index (χ0n) is 24.2. The van der Waals surface area contributed by atoms with E-state index in [0.717, 1.165) is 22.4 Å². The van der Waals surface area contributed by atoms with Gasteiger partial charge in [0.05, 0.1) is 16.8 Å². The highest BCUT2D eigenvalue weighted by Gasteiger charge is 2.58. The van der Waals surface area contributed by atoms with Gasteiger partial charge in [-0.1, -0.05) is 90.5 Å². The van der Waals surface area contributed by atoms with Crippen LogP contribution in [0.15, 0.2) is 126 Å².